The summed E-state index contributed by atoms with van der Waals surface area (Å²) in [5, 5.41) is 3.40. The molecule has 2 heterocycles. The van der Waals surface area contributed by atoms with Gasteiger partial charge in [-0.05, 0) is 34.8 Å². The Morgan fingerprint density at radius 1 is 1.11 bits per heavy atom. The van der Waals surface area contributed by atoms with E-state index in [1.54, 1.807) is 24.5 Å². The van der Waals surface area contributed by atoms with E-state index >= 15 is 0 Å². The van der Waals surface area contributed by atoms with Gasteiger partial charge >= 0.3 is 5.51 Å². The number of carbonyl (C=O) groups excluding carboxylic acids is 1. The highest BCUT2D eigenvalue weighted by Gasteiger charge is 2.39. The summed E-state index contributed by atoms with van der Waals surface area (Å²) in [5.74, 6) is 0.112. The summed E-state index contributed by atoms with van der Waals surface area (Å²) in [6.45, 7) is 3.84. The number of aromatic nitrogens is 2. The normalized spacial score (nSPS) is 15.6. The zero-order valence-electron chi connectivity index (χ0n) is 19.9. The van der Waals surface area contributed by atoms with Crippen LogP contribution in [0.5, 0.6) is 0 Å². The van der Waals surface area contributed by atoms with Gasteiger partial charge in [-0.3, -0.25) is 4.79 Å². The van der Waals surface area contributed by atoms with Crippen molar-refractivity contribution in [2.45, 2.75) is 45.2 Å². The van der Waals surface area contributed by atoms with Crippen LogP contribution in [0, 0.1) is 5.41 Å². The number of nitrogens with one attached hydrogen (secondary N) is 2. The first-order valence-corrected chi connectivity index (χ1v) is 12.5. The molecular formula is C24H26F5N3O4S. The number of carbonyl (C=O) groups is 1. The molecule has 1 aliphatic carbocycles. The summed E-state index contributed by atoms with van der Waals surface area (Å²) in [7, 11) is -5.59. The first kappa shape index (κ1) is 28.6. The van der Waals surface area contributed by atoms with Gasteiger partial charge in [-0.15, -0.1) is 0 Å². The summed E-state index contributed by atoms with van der Waals surface area (Å²) in [6, 6.07) is 13.3. The lowest BCUT2D eigenvalue weighted by Crippen LogP contribution is -2.36. The van der Waals surface area contributed by atoms with Crippen molar-refractivity contribution in [3.8, 4) is 11.3 Å². The highest BCUT2D eigenvalue weighted by Crippen LogP contribution is 2.51. The second-order valence-corrected chi connectivity index (χ2v) is 10.7. The molecule has 0 atom stereocenters. The molecule has 0 bridgehead atoms. The van der Waals surface area contributed by atoms with Crippen LogP contribution in [0.1, 0.15) is 36.3 Å². The van der Waals surface area contributed by atoms with Gasteiger partial charge in [0.1, 0.15) is 0 Å². The number of alkyl halides is 5. The average molecular weight is 548 g/mol. The zero-order chi connectivity index (χ0) is 27.6. The number of ketones is 1. The zero-order valence-corrected chi connectivity index (χ0v) is 20.7. The van der Waals surface area contributed by atoms with Crippen molar-refractivity contribution in [1.29, 1.82) is 0 Å². The first-order chi connectivity index (χ1) is 17.1. The minimum atomic E-state index is -5.59. The highest BCUT2D eigenvalue weighted by molar-refractivity contribution is 8.20. The van der Waals surface area contributed by atoms with Crippen LogP contribution in [0.2, 0.25) is 0 Å². The Morgan fingerprint density at radius 2 is 1.68 bits per heavy atom. The van der Waals surface area contributed by atoms with Crippen molar-refractivity contribution in [3.63, 3.8) is 0 Å². The molecule has 202 valence electrons. The number of para-hydroxylation sites is 1. The van der Waals surface area contributed by atoms with Gasteiger partial charge in [0.15, 0.2) is 18.2 Å². The van der Waals surface area contributed by atoms with E-state index in [4.69, 9.17) is 9.11 Å². The van der Waals surface area contributed by atoms with Crippen molar-refractivity contribution in [1.82, 2.24) is 4.98 Å². The Morgan fingerprint density at radius 3 is 2.19 bits per heavy atom. The molecule has 0 spiro atoms. The third-order valence-corrected chi connectivity index (χ3v) is 6.13. The van der Waals surface area contributed by atoms with Gasteiger partial charge in [0.25, 0.3) is 6.43 Å². The maximum absolute atomic E-state index is 13.0. The molecule has 37 heavy (non-hydrogen) atoms. The van der Waals surface area contributed by atoms with E-state index in [1.807, 2.05) is 30.3 Å². The predicted octanol–water partition coefficient (Wildman–Crippen LogP) is 6.52. The molecule has 0 amide bonds. The monoisotopic (exact) mass is 547 g/mol. The standard InChI is InChI=1S/C23H23F2N3O.CH3F3O3S/c1-23(2)12-17-20(18(29)13-23)22(26-16-6-4-3-5-7-16)21(27-17)15-8-10-28(11-9-15)14-19(24)25;2-1(3,4)8(5,6)7/h3-11,19H,12-14H2,1-2H3,(H,26,27,29);5-7H. The summed E-state index contributed by atoms with van der Waals surface area (Å²) in [5.41, 5.74) is -0.630. The number of halogens is 5. The van der Waals surface area contributed by atoms with Crippen LogP contribution in [-0.4, -0.2) is 36.4 Å². The number of nitrogens with zero attached hydrogens (tertiary/aromatic N) is 1. The average Bonchev–Trinajstić information content (AvgIpc) is 3.10. The summed E-state index contributed by atoms with van der Waals surface area (Å²) in [6.07, 6.45) is 2.14. The summed E-state index contributed by atoms with van der Waals surface area (Å²) in [4.78, 5) is 16.4. The topological polar surface area (TPSA) is 112 Å². The Kier molecular flexibility index (Phi) is 8.32. The molecule has 3 aromatic rings. The maximum atomic E-state index is 13.0. The van der Waals surface area contributed by atoms with Crippen LogP contribution < -0.4 is 9.88 Å². The van der Waals surface area contributed by atoms with E-state index in [-0.39, 0.29) is 17.7 Å². The third kappa shape index (κ3) is 7.28. The van der Waals surface area contributed by atoms with E-state index in [9.17, 15) is 31.3 Å². The second-order valence-electron chi connectivity index (χ2n) is 9.28. The second kappa shape index (κ2) is 10.8. The van der Waals surface area contributed by atoms with Crippen molar-refractivity contribution >= 4 is 28.0 Å². The Bertz CT molecular complexity index is 1210. The van der Waals surface area contributed by atoms with Gasteiger partial charge in [-0.1, -0.05) is 32.0 Å². The SMILES string of the molecule is CC1(C)CC(=O)c2c([nH]c(-c3cc[n+](CC(F)F)cc3)c2Nc2ccccc2)C1.[O-]S(O)(O)C(F)(F)F. The van der Waals surface area contributed by atoms with Crippen molar-refractivity contribution < 1.29 is 45.0 Å². The number of H-pyrrole nitrogens is 1. The van der Waals surface area contributed by atoms with E-state index in [0.717, 1.165) is 34.7 Å². The highest BCUT2D eigenvalue weighted by atomic mass is 32.3. The number of rotatable bonds is 5. The van der Waals surface area contributed by atoms with Crippen LogP contribution >= 0.6 is 10.9 Å². The number of benzene rings is 1. The molecular weight excluding hydrogens is 521 g/mol. The number of fused-ring (bicyclic) bond motifs is 1. The van der Waals surface area contributed by atoms with E-state index < -0.39 is 22.8 Å². The Balaban J connectivity index is 0.000000414. The largest absolute Gasteiger partial charge is 0.766 e. The molecule has 0 radical (unpaired) electrons. The van der Waals surface area contributed by atoms with Crippen LogP contribution in [-0.2, 0) is 13.0 Å². The van der Waals surface area contributed by atoms with Crippen LogP contribution in [0.25, 0.3) is 11.3 Å². The molecule has 7 nitrogen and oxygen atoms in total. The van der Waals surface area contributed by atoms with Crippen molar-refractivity contribution in [2.75, 3.05) is 5.32 Å². The molecule has 1 aromatic carbocycles. The van der Waals surface area contributed by atoms with Gasteiger partial charge in [0.05, 0.1) is 16.9 Å². The van der Waals surface area contributed by atoms with E-state index in [0.29, 0.717) is 12.0 Å². The van der Waals surface area contributed by atoms with Crippen molar-refractivity contribution in [2.24, 2.45) is 5.41 Å². The van der Waals surface area contributed by atoms with Gasteiger partial charge in [0, 0.05) is 35.5 Å². The fourth-order valence-electron chi connectivity index (χ4n) is 3.97. The lowest BCUT2D eigenvalue weighted by Gasteiger charge is -2.34. The van der Waals surface area contributed by atoms with Gasteiger partial charge in [-0.25, -0.2) is 8.78 Å². The molecule has 0 unspecified atom stereocenters. The van der Waals surface area contributed by atoms with Gasteiger partial charge in [0.2, 0.25) is 6.54 Å². The van der Waals surface area contributed by atoms with Crippen LogP contribution in [0.15, 0.2) is 54.9 Å². The van der Waals surface area contributed by atoms with E-state index in [2.05, 4.69) is 24.1 Å². The summed E-state index contributed by atoms with van der Waals surface area (Å²) >= 11 is 0. The van der Waals surface area contributed by atoms with Gasteiger partial charge < -0.3 is 24.0 Å². The molecule has 4 rings (SSSR count). The number of hydrogen-bond donors (Lipinski definition) is 4. The van der Waals surface area contributed by atoms with Crippen molar-refractivity contribution in [3.05, 3.63) is 66.1 Å². The van der Waals surface area contributed by atoms with Crippen LogP contribution in [0.3, 0.4) is 0 Å². The molecule has 13 heteroatoms. The molecule has 0 saturated carbocycles. The Hall–Kier alpha value is -3.00. The smallest absolute Gasteiger partial charge is 0.456 e. The maximum Gasteiger partial charge on any atom is 0.456 e. The lowest BCUT2D eigenvalue weighted by atomic mass is 9.76. The number of anilines is 2. The molecule has 0 fully saturated rings. The number of aromatic amines is 1. The molecule has 0 aliphatic heterocycles. The lowest BCUT2D eigenvalue weighted by molar-refractivity contribution is -0.705. The first-order valence-electron chi connectivity index (χ1n) is 11.0. The Labute approximate surface area is 211 Å². The molecule has 2 aromatic heterocycles. The minimum absolute atomic E-state index is 0.104. The van der Waals surface area contributed by atoms with Gasteiger partial charge in [-0.2, -0.15) is 17.7 Å². The van der Waals surface area contributed by atoms with E-state index in [1.165, 1.54) is 4.57 Å². The number of hydrogen-bond acceptors (Lipinski definition) is 5. The fourth-order valence-corrected chi connectivity index (χ4v) is 3.97. The minimum Gasteiger partial charge on any atom is -0.766 e. The summed E-state index contributed by atoms with van der Waals surface area (Å²) < 4.78 is 82.9. The van der Waals surface area contributed by atoms with Crippen LogP contribution in [0.4, 0.5) is 33.3 Å². The molecule has 1 aliphatic rings. The number of Topliss-reactive ketones (excluding diaryl/α,β-unsaturated/α-hetero) is 1. The quantitative estimate of drug-likeness (QED) is 0.215. The third-order valence-electron chi connectivity index (χ3n) is 5.52. The predicted molar refractivity (Wildman–Crippen MR) is 128 cm³/mol. The molecule has 0 saturated heterocycles. The molecule has 4 N–H and O–H groups in total. The number of pyridine rings is 1. The fraction of sp³-hybridized carbons (Fsp3) is 0.333.